The highest BCUT2D eigenvalue weighted by Crippen LogP contribution is 2.20. The molecule has 0 fully saturated rings. The van der Waals surface area contributed by atoms with Crippen LogP contribution in [0.3, 0.4) is 0 Å². The van der Waals surface area contributed by atoms with Crippen LogP contribution in [-0.2, 0) is 0 Å². The Kier molecular flexibility index (Phi) is 5.43. The van der Waals surface area contributed by atoms with Gasteiger partial charge in [-0.25, -0.2) is 0 Å². The van der Waals surface area contributed by atoms with Crippen molar-refractivity contribution in [2.75, 3.05) is 0 Å². The van der Waals surface area contributed by atoms with Gasteiger partial charge in [-0.1, -0.05) is 42.5 Å². The van der Waals surface area contributed by atoms with Gasteiger partial charge in [0.2, 0.25) is 0 Å². The lowest BCUT2D eigenvalue weighted by Crippen LogP contribution is -2.34. The summed E-state index contributed by atoms with van der Waals surface area (Å²) < 4.78 is 0. The molecule has 1 amide bonds. The molecule has 0 spiro atoms. The second-order valence-corrected chi connectivity index (χ2v) is 5.31. The lowest BCUT2D eigenvalue weighted by molar-refractivity contribution is -0.385. The van der Waals surface area contributed by atoms with Gasteiger partial charge in [-0.3, -0.25) is 14.9 Å². The molecule has 23 heavy (non-hydrogen) atoms. The van der Waals surface area contributed by atoms with Gasteiger partial charge in [0, 0.05) is 12.1 Å². The second kappa shape index (κ2) is 7.51. The summed E-state index contributed by atoms with van der Waals surface area (Å²) in [5.41, 5.74) is 0.540. The molecule has 0 bridgehead atoms. The largest absolute Gasteiger partial charge is 0.388 e. The number of aliphatic hydroxyl groups excluding tert-OH is 1. The van der Waals surface area contributed by atoms with Crippen molar-refractivity contribution in [3.05, 3.63) is 75.8 Å². The summed E-state index contributed by atoms with van der Waals surface area (Å²) in [4.78, 5) is 22.6. The number of nitrogens with one attached hydrogen (secondary N) is 1. The average Bonchev–Trinajstić information content (AvgIpc) is 2.55. The van der Waals surface area contributed by atoms with Crippen LogP contribution in [0.2, 0.25) is 0 Å². The van der Waals surface area contributed by atoms with Crippen LogP contribution in [0.4, 0.5) is 5.69 Å². The minimum Gasteiger partial charge on any atom is -0.388 e. The van der Waals surface area contributed by atoms with Crippen molar-refractivity contribution in [3.63, 3.8) is 0 Å². The molecule has 0 saturated heterocycles. The fraction of sp³-hybridized carbons (Fsp3) is 0.235. The number of rotatable bonds is 6. The van der Waals surface area contributed by atoms with E-state index in [9.17, 15) is 20.0 Å². The number of carbonyl (C=O) groups excluding carboxylic acids is 1. The first-order valence-corrected chi connectivity index (χ1v) is 7.26. The Hall–Kier alpha value is -2.73. The predicted molar refractivity (Wildman–Crippen MR) is 86.0 cm³/mol. The summed E-state index contributed by atoms with van der Waals surface area (Å²) in [6.07, 6.45) is -0.395. The zero-order valence-corrected chi connectivity index (χ0v) is 12.7. The molecule has 120 valence electrons. The molecule has 6 heteroatoms. The topological polar surface area (TPSA) is 92.5 Å². The summed E-state index contributed by atoms with van der Waals surface area (Å²) in [5.74, 6) is -0.523. The molecule has 2 N–H and O–H groups in total. The lowest BCUT2D eigenvalue weighted by Gasteiger charge is -2.18. The average molecular weight is 314 g/mol. The molecule has 2 aromatic rings. The van der Waals surface area contributed by atoms with Crippen molar-refractivity contribution in [1.82, 2.24) is 5.32 Å². The van der Waals surface area contributed by atoms with Gasteiger partial charge in [0.25, 0.3) is 11.6 Å². The fourth-order valence-electron chi connectivity index (χ4n) is 2.33. The molecule has 2 atom stereocenters. The van der Waals surface area contributed by atoms with Gasteiger partial charge in [-0.15, -0.1) is 0 Å². The number of nitro groups is 1. The molecule has 6 nitrogen and oxygen atoms in total. The molecule has 0 aromatic heterocycles. The summed E-state index contributed by atoms with van der Waals surface area (Å²) in [5, 5.41) is 23.8. The number of amides is 1. The fourth-order valence-corrected chi connectivity index (χ4v) is 2.33. The number of para-hydroxylation sites is 1. The summed E-state index contributed by atoms with van der Waals surface area (Å²) in [6, 6.07) is 14.6. The molecule has 0 radical (unpaired) electrons. The van der Waals surface area contributed by atoms with E-state index >= 15 is 0 Å². The summed E-state index contributed by atoms with van der Waals surface area (Å²) in [6.45, 7) is 1.75. The van der Waals surface area contributed by atoms with Crippen LogP contribution in [0.15, 0.2) is 54.6 Å². The first-order chi connectivity index (χ1) is 11.0. The van der Waals surface area contributed by atoms with Crippen LogP contribution < -0.4 is 5.32 Å². The van der Waals surface area contributed by atoms with Crippen molar-refractivity contribution >= 4 is 11.6 Å². The SMILES string of the molecule is CC(CC(O)c1ccccc1)NC(=O)c1ccccc1[N+](=O)[O-]. The number of aliphatic hydroxyl groups is 1. The molecule has 2 aromatic carbocycles. The Morgan fingerprint density at radius 2 is 1.78 bits per heavy atom. The van der Waals surface area contributed by atoms with E-state index in [0.717, 1.165) is 5.56 Å². The maximum atomic E-state index is 12.2. The van der Waals surface area contributed by atoms with Gasteiger partial charge in [0.15, 0.2) is 0 Å². The number of benzene rings is 2. The van der Waals surface area contributed by atoms with Crippen molar-refractivity contribution < 1.29 is 14.8 Å². The number of nitrogens with zero attached hydrogens (tertiary/aromatic N) is 1. The van der Waals surface area contributed by atoms with Crippen LogP contribution in [0, 0.1) is 10.1 Å². The van der Waals surface area contributed by atoms with Crippen LogP contribution >= 0.6 is 0 Å². The smallest absolute Gasteiger partial charge is 0.282 e. The Morgan fingerprint density at radius 1 is 1.17 bits per heavy atom. The van der Waals surface area contributed by atoms with E-state index in [2.05, 4.69) is 5.32 Å². The van der Waals surface area contributed by atoms with E-state index in [4.69, 9.17) is 0 Å². The number of hydrogen-bond acceptors (Lipinski definition) is 4. The Morgan fingerprint density at radius 3 is 2.43 bits per heavy atom. The van der Waals surface area contributed by atoms with Crippen molar-refractivity contribution in [1.29, 1.82) is 0 Å². The van der Waals surface area contributed by atoms with Crippen molar-refractivity contribution in [2.45, 2.75) is 25.5 Å². The zero-order valence-electron chi connectivity index (χ0n) is 12.7. The van der Waals surface area contributed by atoms with Gasteiger partial charge in [0.05, 0.1) is 11.0 Å². The monoisotopic (exact) mass is 314 g/mol. The Labute approximate surface area is 133 Å². The lowest BCUT2D eigenvalue weighted by atomic mass is 10.0. The molecule has 0 aliphatic rings. The molecule has 2 rings (SSSR count). The minimum absolute atomic E-state index is 0.0125. The normalized spacial score (nSPS) is 13.1. The van der Waals surface area contributed by atoms with E-state index in [1.54, 1.807) is 25.1 Å². The first kappa shape index (κ1) is 16.6. The van der Waals surface area contributed by atoms with Crippen LogP contribution in [0.25, 0.3) is 0 Å². The van der Waals surface area contributed by atoms with Crippen molar-refractivity contribution in [3.8, 4) is 0 Å². The highest BCUT2D eigenvalue weighted by Gasteiger charge is 2.21. The van der Waals surface area contributed by atoms with Gasteiger partial charge in [-0.2, -0.15) is 0 Å². The highest BCUT2D eigenvalue weighted by atomic mass is 16.6. The standard InChI is InChI=1S/C17H18N2O4/c1-12(11-16(20)13-7-3-2-4-8-13)18-17(21)14-9-5-6-10-15(14)19(22)23/h2-10,12,16,20H,11H2,1H3,(H,18,21). The predicted octanol–water partition coefficient (Wildman–Crippen LogP) is 2.84. The third-order valence-electron chi connectivity index (χ3n) is 3.48. The van der Waals surface area contributed by atoms with E-state index < -0.39 is 16.9 Å². The maximum Gasteiger partial charge on any atom is 0.282 e. The van der Waals surface area contributed by atoms with E-state index in [0.29, 0.717) is 6.42 Å². The first-order valence-electron chi connectivity index (χ1n) is 7.26. The summed E-state index contributed by atoms with van der Waals surface area (Å²) in [7, 11) is 0. The van der Waals surface area contributed by atoms with Gasteiger partial charge in [-0.05, 0) is 25.0 Å². The third kappa shape index (κ3) is 4.37. The van der Waals surface area contributed by atoms with Crippen molar-refractivity contribution in [2.24, 2.45) is 0 Å². The maximum absolute atomic E-state index is 12.2. The molecule has 0 aliphatic heterocycles. The number of hydrogen-bond donors (Lipinski definition) is 2. The quantitative estimate of drug-likeness (QED) is 0.633. The van der Waals surface area contributed by atoms with Crippen LogP contribution in [0.5, 0.6) is 0 Å². The van der Waals surface area contributed by atoms with E-state index in [1.807, 2.05) is 18.2 Å². The van der Waals surface area contributed by atoms with E-state index in [-0.39, 0.29) is 17.3 Å². The molecule has 0 heterocycles. The Balaban J connectivity index is 2.02. The second-order valence-electron chi connectivity index (χ2n) is 5.31. The number of carbonyl (C=O) groups is 1. The van der Waals surface area contributed by atoms with Gasteiger partial charge in [0.1, 0.15) is 5.56 Å². The molecule has 0 aliphatic carbocycles. The highest BCUT2D eigenvalue weighted by molar-refractivity contribution is 5.98. The Bertz CT molecular complexity index is 688. The summed E-state index contributed by atoms with van der Waals surface area (Å²) >= 11 is 0. The van der Waals surface area contributed by atoms with E-state index in [1.165, 1.54) is 18.2 Å². The van der Waals surface area contributed by atoms with Crippen LogP contribution in [0.1, 0.15) is 35.4 Å². The molecule has 0 saturated carbocycles. The number of nitro benzene ring substituents is 1. The zero-order chi connectivity index (χ0) is 16.8. The molecule has 2 unspecified atom stereocenters. The third-order valence-corrected chi connectivity index (χ3v) is 3.48. The molecular weight excluding hydrogens is 296 g/mol. The van der Waals surface area contributed by atoms with Crippen LogP contribution in [-0.4, -0.2) is 22.0 Å². The van der Waals surface area contributed by atoms with Gasteiger partial charge >= 0.3 is 0 Å². The molecular formula is C17H18N2O4. The minimum atomic E-state index is -0.711. The van der Waals surface area contributed by atoms with Gasteiger partial charge < -0.3 is 10.4 Å².